The van der Waals surface area contributed by atoms with Crippen LogP contribution in [0.2, 0.25) is 0 Å². The predicted molar refractivity (Wildman–Crippen MR) is 64.4 cm³/mol. The first kappa shape index (κ1) is 12.5. The van der Waals surface area contributed by atoms with Crippen molar-refractivity contribution in [2.75, 3.05) is 6.54 Å². The quantitative estimate of drug-likeness (QED) is 0.345. The molecule has 3 heteroatoms. The summed E-state index contributed by atoms with van der Waals surface area (Å²) in [5, 5.41) is 0. The number of hydrogen-bond donors (Lipinski definition) is 1. The molecule has 1 rings (SSSR count). The Morgan fingerprint density at radius 2 is 2.06 bits per heavy atom. The maximum atomic E-state index is 10.8. The number of hydroxylamine groups is 1. The van der Waals surface area contributed by atoms with Gasteiger partial charge in [-0.05, 0) is 17.6 Å². The summed E-state index contributed by atoms with van der Waals surface area (Å²) in [5.74, 6) is 0.761. The second-order valence-corrected chi connectivity index (χ2v) is 3.92. The van der Waals surface area contributed by atoms with Gasteiger partial charge in [0.1, 0.15) is 0 Å². The largest absolute Gasteiger partial charge is 0.405 e. The lowest BCUT2D eigenvalue weighted by Crippen LogP contribution is -2.20. The number of hydrogen-bond acceptors (Lipinski definition) is 3. The molecule has 3 nitrogen and oxygen atoms in total. The summed E-state index contributed by atoms with van der Waals surface area (Å²) in [4.78, 5) is 15.9. The molecule has 0 saturated carbocycles. The van der Waals surface area contributed by atoms with Crippen LogP contribution in [0.3, 0.4) is 0 Å². The van der Waals surface area contributed by atoms with Crippen molar-refractivity contribution in [1.29, 1.82) is 0 Å². The number of aldehydes is 1. The minimum absolute atomic E-state index is 0.284. The van der Waals surface area contributed by atoms with Crippen LogP contribution in [0.1, 0.15) is 19.4 Å². The van der Waals surface area contributed by atoms with Gasteiger partial charge in [0.25, 0.3) is 0 Å². The Morgan fingerprint density at radius 1 is 1.38 bits per heavy atom. The van der Waals surface area contributed by atoms with Gasteiger partial charge in [-0.25, -0.2) is 0 Å². The highest BCUT2D eigenvalue weighted by atomic mass is 16.6. The van der Waals surface area contributed by atoms with E-state index in [0.717, 1.165) is 5.56 Å². The molecule has 0 atom stereocenters. The normalized spacial score (nSPS) is 11.6. The zero-order chi connectivity index (χ0) is 11.8. The Balaban J connectivity index is 2.54. The molecule has 1 aromatic carbocycles. The lowest BCUT2D eigenvalue weighted by Gasteiger charge is -2.08. The van der Waals surface area contributed by atoms with Crippen LogP contribution < -0.4 is 5.48 Å². The van der Waals surface area contributed by atoms with Crippen LogP contribution in [0.4, 0.5) is 0 Å². The molecule has 16 heavy (non-hydrogen) atoms. The third kappa shape index (κ3) is 4.75. The summed E-state index contributed by atoms with van der Waals surface area (Å²) in [6, 6.07) is 9.58. The Kier molecular flexibility index (Phi) is 5.29. The van der Waals surface area contributed by atoms with Crippen LogP contribution in [0.15, 0.2) is 36.1 Å². The molecule has 0 heterocycles. The van der Waals surface area contributed by atoms with Crippen LogP contribution in [0, 0.1) is 5.92 Å². The average molecular weight is 219 g/mol. The van der Waals surface area contributed by atoms with Gasteiger partial charge in [-0.15, -0.1) is 0 Å². The van der Waals surface area contributed by atoms with Gasteiger partial charge >= 0.3 is 0 Å². The molecule has 0 radical (unpaired) electrons. The van der Waals surface area contributed by atoms with E-state index in [0.29, 0.717) is 18.7 Å². The van der Waals surface area contributed by atoms with Crippen LogP contribution in [-0.2, 0) is 9.63 Å². The Labute approximate surface area is 96.1 Å². The molecule has 0 saturated heterocycles. The fourth-order valence-corrected chi connectivity index (χ4v) is 1.09. The first-order valence-electron chi connectivity index (χ1n) is 5.34. The van der Waals surface area contributed by atoms with Gasteiger partial charge in [0.2, 0.25) is 0 Å². The zero-order valence-electron chi connectivity index (χ0n) is 9.64. The van der Waals surface area contributed by atoms with Crippen LogP contribution in [0.25, 0.3) is 6.08 Å². The molecule has 86 valence electrons. The molecule has 1 aromatic rings. The molecule has 0 aliphatic heterocycles. The van der Waals surface area contributed by atoms with Gasteiger partial charge in [-0.2, -0.15) is 5.48 Å². The number of carbonyl (C=O) groups excluding carboxylic acids is 1. The summed E-state index contributed by atoms with van der Waals surface area (Å²) in [5.41, 5.74) is 3.70. The van der Waals surface area contributed by atoms with E-state index in [1.54, 1.807) is 6.08 Å². The summed E-state index contributed by atoms with van der Waals surface area (Å²) >= 11 is 0. The predicted octanol–water partition coefficient (Wildman–Crippen LogP) is 2.40. The Bertz CT molecular complexity index is 344. The Morgan fingerprint density at radius 3 is 2.62 bits per heavy atom. The summed E-state index contributed by atoms with van der Waals surface area (Å²) in [6.07, 6.45) is 2.39. The summed E-state index contributed by atoms with van der Waals surface area (Å²) in [7, 11) is 0. The fourth-order valence-electron chi connectivity index (χ4n) is 1.09. The van der Waals surface area contributed by atoms with Gasteiger partial charge in [0.15, 0.2) is 12.0 Å². The smallest absolute Gasteiger partial charge is 0.187 e. The van der Waals surface area contributed by atoms with E-state index < -0.39 is 0 Å². The van der Waals surface area contributed by atoms with E-state index in [2.05, 4.69) is 19.3 Å². The fraction of sp³-hybridized carbons (Fsp3) is 0.308. The second-order valence-electron chi connectivity index (χ2n) is 3.92. The number of benzene rings is 1. The molecular weight excluding hydrogens is 202 g/mol. The molecule has 0 amide bonds. The second kappa shape index (κ2) is 6.80. The highest BCUT2D eigenvalue weighted by Crippen LogP contribution is 2.05. The molecule has 0 unspecified atom stereocenters. The van der Waals surface area contributed by atoms with Crippen molar-refractivity contribution in [3.63, 3.8) is 0 Å². The van der Waals surface area contributed by atoms with Gasteiger partial charge in [-0.1, -0.05) is 44.2 Å². The van der Waals surface area contributed by atoms with E-state index in [1.807, 2.05) is 30.3 Å². The first-order chi connectivity index (χ1) is 7.72. The van der Waals surface area contributed by atoms with Crippen molar-refractivity contribution in [1.82, 2.24) is 5.48 Å². The molecule has 0 bridgehead atoms. The standard InChI is InChI=1S/C13H17NO2/c1-11(2)9-14-16-13(10-15)8-12-6-4-3-5-7-12/h3-8,10-11,14H,9H2,1-2H3. The van der Waals surface area contributed by atoms with E-state index in [9.17, 15) is 4.79 Å². The molecular formula is C13H17NO2. The van der Waals surface area contributed by atoms with E-state index in [1.165, 1.54) is 0 Å². The summed E-state index contributed by atoms with van der Waals surface area (Å²) in [6.45, 7) is 4.84. The first-order valence-corrected chi connectivity index (χ1v) is 5.34. The zero-order valence-corrected chi connectivity index (χ0v) is 9.64. The van der Waals surface area contributed by atoms with Crippen LogP contribution in [-0.4, -0.2) is 12.8 Å². The lowest BCUT2D eigenvalue weighted by molar-refractivity contribution is -0.109. The SMILES string of the molecule is CC(C)CNOC(C=O)=Cc1ccccc1. The maximum Gasteiger partial charge on any atom is 0.187 e. The Hall–Kier alpha value is -1.61. The summed E-state index contributed by atoms with van der Waals surface area (Å²) < 4.78 is 0. The third-order valence-corrected chi connectivity index (χ3v) is 1.91. The van der Waals surface area contributed by atoms with E-state index in [-0.39, 0.29) is 5.76 Å². The number of rotatable bonds is 6. The molecule has 0 aliphatic rings. The van der Waals surface area contributed by atoms with Crippen molar-refractivity contribution in [3.05, 3.63) is 41.7 Å². The molecule has 0 fully saturated rings. The van der Waals surface area contributed by atoms with Crippen molar-refractivity contribution < 1.29 is 9.63 Å². The van der Waals surface area contributed by atoms with Crippen molar-refractivity contribution in [3.8, 4) is 0 Å². The van der Waals surface area contributed by atoms with E-state index in [4.69, 9.17) is 4.84 Å². The van der Waals surface area contributed by atoms with Crippen LogP contribution in [0.5, 0.6) is 0 Å². The minimum atomic E-state index is 0.284. The molecule has 1 N–H and O–H groups in total. The lowest BCUT2D eigenvalue weighted by atomic mass is 10.2. The minimum Gasteiger partial charge on any atom is -0.405 e. The molecule has 0 spiro atoms. The number of carbonyl (C=O) groups is 1. The van der Waals surface area contributed by atoms with Crippen LogP contribution >= 0.6 is 0 Å². The highest BCUT2D eigenvalue weighted by Gasteiger charge is 1.98. The van der Waals surface area contributed by atoms with Gasteiger partial charge < -0.3 is 4.84 Å². The van der Waals surface area contributed by atoms with E-state index >= 15 is 0 Å². The van der Waals surface area contributed by atoms with Gasteiger partial charge in [0.05, 0.1) is 0 Å². The maximum absolute atomic E-state index is 10.8. The monoisotopic (exact) mass is 219 g/mol. The third-order valence-electron chi connectivity index (χ3n) is 1.91. The van der Waals surface area contributed by atoms with Crippen molar-refractivity contribution in [2.45, 2.75) is 13.8 Å². The number of nitrogens with one attached hydrogen (secondary N) is 1. The van der Waals surface area contributed by atoms with Gasteiger partial charge in [-0.3, -0.25) is 4.79 Å². The average Bonchev–Trinajstić information content (AvgIpc) is 2.28. The molecule has 0 aromatic heterocycles. The van der Waals surface area contributed by atoms with Crippen molar-refractivity contribution in [2.24, 2.45) is 5.92 Å². The van der Waals surface area contributed by atoms with Crippen molar-refractivity contribution >= 4 is 12.4 Å². The van der Waals surface area contributed by atoms with Gasteiger partial charge in [0, 0.05) is 6.54 Å². The highest BCUT2D eigenvalue weighted by molar-refractivity contribution is 5.78. The number of allylic oxidation sites excluding steroid dienone is 1. The topological polar surface area (TPSA) is 38.3 Å². The molecule has 0 aliphatic carbocycles.